The van der Waals surface area contributed by atoms with Gasteiger partial charge in [-0.15, -0.1) is 0 Å². The summed E-state index contributed by atoms with van der Waals surface area (Å²) in [6, 6.07) is 6.99. The zero-order valence-electron chi connectivity index (χ0n) is 13.7. The van der Waals surface area contributed by atoms with Crippen LogP contribution in [0.3, 0.4) is 0 Å². The first-order valence-corrected chi connectivity index (χ1v) is 8.34. The molecule has 0 fully saturated rings. The number of nitrogens with zero attached hydrogens (tertiary/aromatic N) is 1. The van der Waals surface area contributed by atoms with Crippen LogP contribution in [0.1, 0.15) is 45.7 Å². The molecule has 26 heavy (non-hydrogen) atoms. The number of rotatable bonds is 2. The van der Waals surface area contributed by atoms with E-state index in [-0.39, 0.29) is 16.7 Å². The van der Waals surface area contributed by atoms with Gasteiger partial charge in [-0.25, -0.2) is 0 Å². The Morgan fingerprint density at radius 2 is 1.85 bits per heavy atom. The van der Waals surface area contributed by atoms with Gasteiger partial charge in [0.25, 0.3) is 5.56 Å². The molecule has 0 amide bonds. The molecule has 0 unspecified atom stereocenters. The highest BCUT2D eigenvalue weighted by Crippen LogP contribution is 2.30. The van der Waals surface area contributed by atoms with Crippen LogP contribution in [-0.2, 0) is 19.0 Å². The third kappa shape index (κ3) is 2.64. The summed E-state index contributed by atoms with van der Waals surface area (Å²) in [6.07, 6.45) is -1.06. The van der Waals surface area contributed by atoms with Crippen LogP contribution in [0.2, 0.25) is 0 Å². The average Bonchev–Trinajstić information content (AvgIpc) is 3.01. The van der Waals surface area contributed by atoms with Gasteiger partial charge >= 0.3 is 6.18 Å². The number of hydrogen-bond acceptors (Lipinski definition) is 2. The molecule has 0 radical (unpaired) electrons. The van der Waals surface area contributed by atoms with Crippen LogP contribution in [0.4, 0.5) is 13.2 Å². The number of H-pyrrole nitrogens is 1. The number of aryl methyl sites for hydroxylation is 2. The molecular weight excluding hydrogens is 345 g/mol. The number of hydrogen-bond donors (Lipinski definition) is 1. The number of alkyl halides is 3. The van der Waals surface area contributed by atoms with E-state index < -0.39 is 17.5 Å². The fourth-order valence-electron chi connectivity index (χ4n) is 3.52. The lowest BCUT2D eigenvalue weighted by Crippen LogP contribution is -2.18. The Morgan fingerprint density at radius 1 is 1.08 bits per heavy atom. The molecular formula is C19H15F3N2O2. The Balaban J connectivity index is 1.87. The van der Waals surface area contributed by atoms with Crippen molar-refractivity contribution in [2.24, 2.45) is 0 Å². The van der Waals surface area contributed by atoms with E-state index in [4.69, 9.17) is 0 Å². The average molecular weight is 360 g/mol. The number of aromatic amines is 1. The highest BCUT2D eigenvalue weighted by molar-refractivity contribution is 6.12. The summed E-state index contributed by atoms with van der Waals surface area (Å²) >= 11 is 0. The summed E-state index contributed by atoms with van der Waals surface area (Å²) in [4.78, 5) is 28.3. The van der Waals surface area contributed by atoms with Crippen molar-refractivity contribution in [3.8, 4) is 0 Å². The molecule has 1 aliphatic rings. The standard InChI is InChI=1S/C19H15F3N2O2/c20-19(21,22)12-5-3-4-11(10-12)17(26)13-8-9-16(25)24-15-7-2-1-6-14(15)23-18(13)24/h3-5,8-10,23H,1-2,6-7H2. The molecule has 0 spiro atoms. The number of ketones is 1. The molecule has 4 nitrogen and oxygen atoms in total. The lowest BCUT2D eigenvalue weighted by Gasteiger charge is -2.10. The van der Waals surface area contributed by atoms with Gasteiger partial charge in [0.15, 0.2) is 5.78 Å². The van der Waals surface area contributed by atoms with Gasteiger partial charge in [0.05, 0.1) is 11.1 Å². The second kappa shape index (κ2) is 5.86. The summed E-state index contributed by atoms with van der Waals surface area (Å²) in [5, 5.41) is 0. The Bertz CT molecular complexity index is 1080. The van der Waals surface area contributed by atoms with Crippen LogP contribution >= 0.6 is 0 Å². The van der Waals surface area contributed by atoms with E-state index >= 15 is 0 Å². The van der Waals surface area contributed by atoms with E-state index in [1.807, 2.05) is 0 Å². The van der Waals surface area contributed by atoms with Crippen molar-refractivity contribution in [3.05, 3.63) is 74.8 Å². The number of benzene rings is 1. The van der Waals surface area contributed by atoms with Crippen LogP contribution < -0.4 is 5.56 Å². The minimum atomic E-state index is -4.52. The summed E-state index contributed by atoms with van der Waals surface area (Å²) in [5.74, 6) is -0.549. The number of carbonyl (C=O) groups excluding carboxylic acids is 1. The highest BCUT2D eigenvalue weighted by atomic mass is 19.4. The van der Waals surface area contributed by atoms with Crippen molar-refractivity contribution < 1.29 is 18.0 Å². The SMILES string of the molecule is O=C(c1cccc(C(F)(F)F)c1)c1ccc(=O)n2c3c([nH]c12)CCCC3. The number of pyridine rings is 1. The van der Waals surface area contributed by atoms with Gasteiger partial charge in [-0.1, -0.05) is 12.1 Å². The molecule has 4 rings (SSSR count). The lowest BCUT2D eigenvalue weighted by molar-refractivity contribution is -0.137. The summed E-state index contributed by atoms with van der Waals surface area (Å²) in [5.41, 5.74) is 1.13. The first-order chi connectivity index (χ1) is 12.4. The molecule has 2 heterocycles. The molecule has 0 saturated heterocycles. The van der Waals surface area contributed by atoms with Crippen LogP contribution in [0, 0.1) is 0 Å². The van der Waals surface area contributed by atoms with E-state index in [9.17, 15) is 22.8 Å². The Morgan fingerprint density at radius 3 is 2.62 bits per heavy atom. The highest BCUT2D eigenvalue weighted by Gasteiger charge is 2.31. The van der Waals surface area contributed by atoms with Gasteiger partial charge in [-0.3, -0.25) is 14.0 Å². The molecule has 7 heteroatoms. The van der Waals surface area contributed by atoms with E-state index in [2.05, 4.69) is 4.98 Å². The monoisotopic (exact) mass is 360 g/mol. The lowest BCUT2D eigenvalue weighted by atomic mass is 10.0. The van der Waals surface area contributed by atoms with Crippen molar-refractivity contribution in [1.29, 1.82) is 0 Å². The zero-order chi connectivity index (χ0) is 18.5. The maximum Gasteiger partial charge on any atom is 0.416 e. The number of halogens is 3. The number of imidazole rings is 1. The minimum absolute atomic E-state index is 0.0621. The number of fused-ring (bicyclic) bond motifs is 3. The maximum absolute atomic E-state index is 12.9. The van der Waals surface area contributed by atoms with E-state index in [1.165, 1.54) is 28.7 Å². The fourth-order valence-corrected chi connectivity index (χ4v) is 3.52. The van der Waals surface area contributed by atoms with Gasteiger partial charge in [-0.05, 0) is 43.9 Å². The molecule has 0 bridgehead atoms. The van der Waals surface area contributed by atoms with Gasteiger partial charge in [-0.2, -0.15) is 13.2 Å². The normalized spacial score (nSPS) is 14.4. The molecule has 1 aliphatic carbocycles. The number of nitrogens with one attached hydrogen (secondary N) is 1. The Kier molecular flexibility index (Phi) is 3.75. The van der Waals surface area contributed by atoms with Crippen molar-refractivity contribution in [2.75, 3.05) is 0 Å². The second-order valence-electron chi connectivity index (χ2n) is 6.43. The van der Waals surface area contributed by atoms with E-state index in [0.29, 0.717) is 5.65 Å². The molecule has 1 N–H and O–H groups in total. The van der Waals surface area contributed by atoms with Crippen molar-refractivity contribution in [2.45, 2.75) is 31.9 Å². The second-order valence-corrected chi connectivity index (χ2v) is 6.43. The first-order valence-electron chi connectivity index (χ1n) is 8.34. The smallest absolute Gasteiger partial charge is 0.343 e. The van der Waals surface area contributed by atoms with Gasteiger partial charge in [0.2, 0.25) is 0 Å². The number of aromatic nitrogens is 2. The molecule has 0 saturated carbocycles. The maximum atomic E-state index is 12.9. The molecule has 1 aromatic carbocycles. The zero-order valence-corrected chi connectivity index (χ0v) is 13.7. The van der Waals surface area contributed by atoms with Gasteiger partial charge in [0, 0.05) is 23.0 Å². The van der Waals surface area contributed by atoms with E-state index in [1.54, 1.807) is 0 Å². The van der Waals surface area contributed by atoms with Gasteiger partial charge < -0.3 is 4.98 Å². The fraction of sp³-hybridized carbons (Fsp3) is 0.263. The van der Waals surface area contributed by atoms with Crippen LogP contribution in [0.5, 0.6) is 0 Å². The first kappa shape index (κ1) is 16.6. The third-order valence-corrected chi connectivity index (χ3v) is 4.77. The largest absolute Gasteiger partial charge is 0.416 e. The topological polar surface area (TPSA) is 54.3 Å². The van der Waals surface area contributed by atoms with E-state index in [0.717, 1.165) is 49.2 Å². The molecule has 134 valence electrons. The summed E-state index contributed by atoms with van der Waals surface area (Å²) in [7, 11) is 0. The van der Waals surface area contributed by atoms with Crippen molar-refractivity contribution in [1.82, 2.24) is 9.38 Å². The van der Waals surface area contributed by atoms with Crippen molar-refractivity contribution >= 4 is 11.4 Å². The van der Waals surface area contributed by atoms with Crippen LogP contribution in [0.15, 0.2) is 41.2 Å². The predicted molar refractivity (Wildman–Crippen MR) is 89.5 cm³/mol. The molecule has 3 aromatic rings. The van der Waals surface area contributed by atoms with Crippen LogP contribution in [0.25, 0.3) is 5.65 Å². The quantitative estimate of drug-likeness (QED) is 0.708. The molecule has 0 atom stereocenters. The number of carbonyl (C=O) groups is 1. The third-order valence-electron chi connectivity index (χ3n) is 4.77. The minimum Gasteiger partial charge on any atom is -0.343 e. The Hall–Kier alpha value is -2.83. The van der Waals surface area contributed by atoms with Crippen LogP contribution in [-0.4, -0.2) is 15.2 Å². The van der Waals surface area contributed by atoms with Crippen molar-refractivity contribution in [3.63, 3.8) is 0 Å². The summed E-state index contributed by atoms with van der Waals surface area (Å²) in [6.45, 7) is 0. The Labute approximate surface area is 146 Å². The molecule has 2 aromatic heterocycles. The predicted octanol–water partition coefficient (Wildman–Crippen LogP) is 3.76. The molecule has 0 aliphatic heterocycles. The van der Waals surface area contributed by atoms with Gasteiger partial charge in [0.1, 0.15) is 5.65 Å². The summed E-state index contributed by atoms with van der Waals surface area (Å²) < 4.78 is 40.3.